The second-order valence-electron chi connectivity index (χ2n) is 6.23. The summed E-state index contributed by atoms with van der Waals surface area (Å²) in [6.07, 6.45) is 6.09. The van der Waals surface area contributed by atoms with Gasteiger partial charge in [0.15, 0.2) is 11.5 Å². The van der Waals surface area contributed by atoms with E-state index in [1.165, 1.54) is 30.4 Å². The van der Waals surface area contributed by atoms with Crippen molar-refractivity contribution in [2.24, 2.45) is 0 Å². The van der Waals surface area contributed by atoms with Crippen LogP contribution in [0.5, 0.6) is 11.5 Å². The molecule has 1 aromatic carbocycles. The lowest BCUT2D eigenvalue weighted by Crippen LogP contribution is -2.39. The van der Waals surface area contributed by atoms with Gasteiger partial charge in [-0.2, -0.15) is 0 Å². The van der Waals surface area contributed by atoms with E-state index in [4.69, 9.17) is 9.47 Å². The quantitative estimate of drug-likeness (QED) is 0.846. The number of ether oxygens (including phenoxy) is 2. The predicted molar refractivity (Wildman–Crippen MR) is 81.0 cm³/mol. The zero-order valence-electron chi connectivity index (χ0n) is 13.0. The maximum absolute atomic E-state index is 5.66. The van der Waals surface area contributed by atoms with Crippen LogP contribution >= 0.6 is 0 Å². The monoisotopic (exact) mass is 275 g/mol. The van der Waals surface area contributed by atoms with Gasteiger partial charge in [0.1, 0.15) is 0 Å². The average Bonchev–Trinajstić information content (AvgIpc) is 2.47. The third-order valence-corrected chi connectivity index (χ3v) is 5.05. The molecule has 0 saturated heterocycles. The summed E-state index contributed by atoms with van der Waals surface area (Å²) in [7, 11) is 7.93. The molecule has 0 N–H and O–H groups in total. The highest BCUT2D eigenvalue weighted by Crippen LogP contribution is 2.48. The number of hydrogen-bond donors (Lipinski definition) is 0. The Morgan fingerprint density at radius 1 is 1.10 bits per heavy atom. The first-order chi connectivity index (χ1) is 9.67. The summed E-state index contributed by atoms with van der Waals surface area (Å²) in [5, 5.41) is 0. The summed E-state index contributed by atoms with van der Waals surface area (Å²) in [4.78, 5) is 2.40. The van der Waals surface area contributed by atoms with E-state index < -0.39 is 0 Å². The molecule has 0 radical (unpaired) electrons. The lowest BCUT2D eigenvalue weighted by atomic mass is 9.70. The Bertz CT molecular complexity index is 510. The summed E-state index contributed by atoms with van der Waals surface area (Å²) in [6.45, 7) is 0. The van der Waals surface area contributed by atoms with Gasteiger partial charge in [0, 0.05) is 17.5 Å². The Morgan fingerprint density at radius 2 is 1.90 bits per heavy atom. The Kier molecular flexibility index (Phi) is 3.63. The third kappa shape index (κ3) is 1.99. The van der Waals surface area contributed by atoms with Crippen LogP contribution in [0.2, 0.25) is 0 Å². The fourth-order valence-corrected chi connectivity index (χ4v) is 4.21. The summed E-state index contributed by atoms with van der Waals surface area (Å²) >= 11 is 0. The van der Waals surface area contributed by atoms with Crippen molar-refractivity contribution in [1.29, 1.82) is 0 Å². The molecule has 2 aliphatic carbocycles. The van der Waals surface area contributed by atoms with E-state index >= 15 is 0 Å². The molecule has 0 spiro atoms. The third-order valence-electron chi connectivity index (χ3n) is 5.05. The molecule has 0 bridgehead atoms. The molecule has 0 aromatic heterocycles. The molecule has 0 saturated carbocycles. The van der Waals surface area contributed by atoms with Crippen molar-refractivity contribution in [1.82, 2.24) is 4.90 Å². The zero-order chi connectivity index (χ0) is 14.3. The van der Waals surface area contributed by atoms with Crippen LogP contribution in [0.25, 0.3) is 0 Å². The van der Waals surface area contributed by atoms with Gasteiger partial charge < -0.3 is 14.4 Å². The number of hydrogen-bond acceptors (Lipinski definition) is 3. The molecule has 2 atom stereocenters. The fraction of sp³-hybridized carbons (Fsp3) is 0.647. The van der Waals surface area contributed by atoms with Crippen LogP contribution in [0, 0.1) is 0 Å². The van der Waals surface area contributed by atoms with Gasteiger partial charge >= 0.3 is 0 Å². The number of likely N-dealkylation sites (N-methyl/N-ethyl adjacent to an activating group) is 1. The van der Waals surface area contributed by atoms with Gasteiger partial charge in [-0.05, 0) is 63.4 Å². The molecule has 0 amide bonds. The molecule has 3 rings (SSSR count). The summed E-state index contributed by atoms with van der Waals surface area (Å²) < 4.78 is 11.2. The van der Waals surface area contributed by atoms with Gasteiger partial charge in [-0.3, -0.25) is 0 Å². The molecule has 110 valence electrons. The second kappa shape index (κ2) is 5.28. The van der Waals surface area contributed by atoms with E-state index in [9.17, 15) is 0 Å². The van der Waals surface area contributed by atoms with Crippen LogP contribution < -0.4 is 9.47 Å². The first kappa shape index (κ1) is 13.7. The average molecular weight is 275 g/mol. The first-order valence-corrected chi connectivity index (χ1v) is 7.60. The van der Waals surface area contributed by atoms with Gasteiger partial charge in [0.2, 0.25) is 0 Å². The molecule has 20 heavy (non-hydrogen) atoms. The van der Waals surface area contributed by atoms with Crippen LogP contribution in [-0.4, -0.2) is 39.3 Å². The maximum atomic E-state index is 5.66. The maximum Gasteiger partial charge on any atom is 0.164 e. The molecule has 0 fully saturated rings. The van der Waals surface area contributed by atoms with Crippen molar-refractivity contribution < 1.29 is 9.47 Å². The highest BCUT2D eigenvalue weighted by molar-refractivity contribution is 5.57. The number of methoxy groups -OCH3 is 2. The van der Waals surface area contributed by atoms with Gasteiger partial charge in [-0.25, -0.2) is 0 Å². The van der Waals surface area contributed by atoms with E-state index in [1.54, 1.807) is 19.8 Å². The van der Waals surface area contributed by atoms with Crippen molar-refractivity contribution in [2.75, 3.05) is 28.3 Å². The van der Waals surface area contributed by atoms with Gasteiger partial charge in [-0.1, -0.05) is 0 Å². The molecule has 0 aliphatic heterocycles. The van der Waals surface area contributed by atoms with E-state index in [1.807, 2.05) is 0 Å². The van der Waals surface area contributed by atoms with Crippen LogP contribution in [0.4, 0.5) is 0 Å². The normalized spacial score (nSPS) is 24.4. The lowest BCUT2D eigenvalue weighted by Gasteiger charge is -2.41. The van der Waals surface area contributed by atoms with Gasteiger partial charge in [0.25, 0.3) is 0 Å². The molecule has 2 aliphatic rings. The van der Waals surface area contributed by atoms with Crippen molar-refractivity contribution in [3.8, 4) is 11.5 Å². The van der Waals surface area contributed by atoms with Crippen molar-refractivity contribution in [3.63, 3.8) is 0 Å². The van der Waals surface area contributed by atoms with E-state index in [2.05, 4.69) is 25.1 Å². The van der Waals surface area contributed by atoms with E-state index in [0.717, 1.165) is 24.3 Å². The summed E-state index contributed by atoms with van der Waals surface area (Å²) in [5.74, 6) is 2.54. The predicted octanol–water partition coefficient (Wildman–Crippen LogP) is 3.00. The lowest BCUT2D eigenvalue weighted by molar-refractivity contribution is 0.213. The van der Waals surface area contributed by atoms with E-state index in [0.29, 0.717) is 12.0 Å². The zero-order valence-corrected chi connectivity index (χ0v) is 13.0. The Balaban J connectivity index is 2.15. The fourth-order valence-electron chi connectivity index (χ4n) is 4.21. The molecule has 3 nitrogen and oxygen atoms in total. The topological polar surface area (TPSA) is 21.7 Å². The van der Waals surface area contributed by atoms with Gasteiger partial charge in [0.05, 0.1) is 14.2 Å². The largest absolute Gasteiger partial charge is 0.493 e. The number of nitrogens with zero attached hydrogens (tertiary/aromatic N) is 1. The molecule has 0 heterocycles. The molecule has 1 aromatic rings. The Hall–Kier alpha value is -1.22. The molecular weight excluding hydrogens is 250 g/mol. The van der Waals surface area contributed by atoms with Crippen LogP contribution in [0.3, 0.4) is 0 Å². The minimum absolute atomic E-state index is 0.664. The van der Waals surface area contributed by atoms with E-state index in [-0.39, 0.29) is 0 Å². The highest BCUT2D eigenvalue weighted by atomic mass is 16.5. The van der Waals surface area contributed by atoms with Crippen LogP contribution in [0.1, 0.15) is 41.9 Å². The van der Waals surface area contributed by atoms with Gasteiger partial charge in [-0.15, -0.1) is 0 Å². The van der Waals surface area contributed by atoms with Crippen molar-refractivity contribution in [3.05, 3.63) is 22.8 Å². The minimum atomic E-state index is 0.664. The molecule has 2 unspecified atom stereocenters. The number of aryl methyl sites for hydroxylation is 1. The standard InChI is InChI=1S/C17H25NO2/c1-18(2)14-9-8-11-10-15(19-3)17(20-4)13-7-5-6-12(14)16(11)13/h10,12,14H,5-9H2,1-4H3. The van der Waals surface area contributed by atoms with Crippen LogP contribution in [0.15, 0.2) is 6.07 Å². The summed E-state index contributed by atoms with van der Waals surface area (Å²) in [5.41, 5.74) is 4.46. The number of rotatable bonds is 3. The SMILES string of the molecule is COc1cc2c3c(c1OC)CCCC3C(N(C)C)CC2. The Labute approximate surface area is 121 Å². The van der Waals surface area contributed by atoms with Crippen molar-refractivity contribution in [2.45, 2.75) is 44.1 Å². The number of benzene rings is 1. The molecule has 3 heteroatoms. The van der Waals surface area contributed by atoms with Crippen molar-refractivity contribution >= 4 is 0 Å². The van der Waals surface area contributed by atoms with Crippen LogP contribution in [-0.2, 0) is 12.8 Å². The molecular formula is C17H25NO2. The second-order valence-corrected chi connectivity index (χ2v) is 6.23. The Morgan fingerprint density at radius 3 is 2.55 bits per heavy atom. The smallest absolute Gasteiger partial charge is 0.164 e. The minimum Gasteiger partial charge on any atom is -0.493 e. The highest BCUT2D eigenvalue weighted by Gasteiger charge is 2.36. The summed E-state index contributed by atoms with van der Waals surface area (Å²) in [6, 6.07) is 2.88. The first-order valence-electron chi connectivity index (χ1n) is 7.60.